The van der Waals surface area contributed by atoms with E-state index >= 15 is 0 Å². The molecule has 2 rings (SSSR count). The molecule has 1 aliphatic heterocycles. The third-order valence-corrected chi connectivity index (χ3v) is 2.75. The van der Waals surface area contributed by atoms with Crippen LogP contribution in [0.4, 0.5) is 0 Å². The fourth-order valence-corrected chi connectivity index (χ4v) is 1.87. The first-order chi connectivity index (χ1) is 8.15. The largest absolute Gasteiger partial charge is 0.385 e. The highest BCUT2D eigenvalue weighted by molar-refractivity contribution is 5.28. The topological polar surface area (TPSA) is 36.1 Å². The lowest BCUT2D eigenvalue weighted by Crippen LogP contribution is -2.21. The summed E-state index contributed by atoms with van der Waals surface area (Å²) in [5, 5.41) is 9.92. The minimum Gasteiger partial charge on any atom is -0.385 e. The second kappa shape index (κ2) is 5.06. The number of nitrogens with one attached hydrogen (secondary N) is 3. The van der Waals surface area contributed by atoms with Crippen LogP contribution in [0.25, 0.3) is 0 Å². The molecule has 1 atom stereocenters. The van der Waals surface area contributed by atoms with Crippen molar-refractivity contribution >= 4 is 0 Å². The summed E-state index contributed by atoms with van der Waals surface area (Å²) in [5.41, 5.74) is 4.53. The van der Waals surface area contributed by atoms with Crippen molar-refractivity contribution in [1.29, 1.82) is 0 Å². The fraction of sp³-hybridized carbons (Fsp3) is 0.286. The Morgan fingerprint density at radius 1 is 1.53 bits per heavy atom. The van der Waals surface area contributed by atoms with E-state index in [2.05, 4.69) is 53.4 Å². The third-order valence-electron chi connectivity index (χ3n) is 2.75. The average Bonchev–Trinajstić information content (AvgIpc) is 2.74. The normalized spacial score (nSPS) is 18.9. The van der Waals surface area contributed by atoms with E-state index in [0.29, 0.717) is 0 Å². The van der Waals surface area contributed by atoms with Crippen LogP contribution in [-0.4, -0.2) is 6.54 Å². The van der Waals surface area contributed by atoms with Crippen molar-refractivity contribution in [1.82, 2.24) is 16.0 Å². The molecule has 1 heterocycles. The zero-order valence-corrected chi connectivity index (χ0v) is 10.2. The van der Waals surface area contributed by atoms with E-state index in [-0.39, 0.29) is 6.17 Å². The zero-order chi connectivity index (χ0) is 12.3. The van der Waals surface area contributed by atoms with Crippen LogP contribution in [0, 0.1) is 0 Å². The molecule has 1 unspecified atom stereocenters. The molecule has 0 spiro atoms. The summed E-state index contributed by atoms with van der Waals surface area (Å²) >= 11 is 0. The summed E-state index contributed by atoms with van der Waals surface area (Å²) in [6, 6.07) is 8.51. The third kappa shape index (κ3) is 3.11. The van der Waals surface area contributed by atoms with Crippen LogP contribution >= 0.6 is 0 Å². The molecule has 1 saturated heterocycles. The van der Waals surface area contributed by atoms with E-state index in [4.69, 9.17) is 0 Å². The number of hydrogen-bond acceptors (Lipinski definition) is 3. The van der Waals surface area contributed by atoms with Crippen LogP contribution < -0.4 is 16.0 Å². The van der Waals surface area contributed by atoms with E-state index in [9.17, 15) is 0 Å². The van der Waals surface area contributed by atoms with Crippen molar-refractivity contribution < 1.29 is 0 Å². The Kier molecular flexibility index (Phi) is 3.49. The van der Waals surface area contributed by atoms with Gasteiger partial charge in [0.1, 0.15) is 6.17 Å². The summed E-state index contributed by atoms with van der Waals surface area (Å²) in [6.45, 7) is 11.4. The maximum atomic E-state index is 3.91. The second-order valence-corrected chi connectivity index (χ2v) is 4.44. The molecule has 0 aliphatic carbocycles. The average molecular weight is 229 g/mol. The molecule has 1 fully saturated rings. The van der Waals surface area contributed by atoms with E-state index in [1.54, 1.807) is 0 Å². The smallest absolute Gasteiger partial charge is 0.103 e. The summed E-state index contributed by atoms with van der Waals surface area (Å²) in [6.07, 6.45) is 0.187. The first-order valence-electron chi connectivity index (χ1n) is 5.81. The number of hydrogen-bond donors (Lipinski definition) is 3. The fourth-order valence-electron chi connectivity index (χ4n) is 1.87. The summed E-state index contributed by atoms with van der Waals surface area (Å²) in [4.78, 5) is 0. The maximum Gasteiger partial charge on any atom is 0.103 e. The number of benzene rings is 1. The van der Waals surface area contributed by atoms with Crippen molar-refractivity contribution in [3.05, 3.63) is 59.9 Å². The Balaban J connectivity index is 2.06. The molecule has 0 amide bonds. The lowest BCUT2D eigenvalue weighted by atomic mass is 10.1. The van der Waals surface area contributed by atoms with Crippen molar-refractivity contribution in [3.63, 3.8) is 0 Å². The number of rotatable bonds is 4. The van der Waals surface area contributed by atoms with E-state index < -0.39 is 0 Å². The molecule has 0 aromatic heterocycles. The molecule has 1 aliphatic rings. The van der Waals surface area contributed by atoms with Gasteiger partial charge in [-0.25, -0.2) is 0 Å². The first-order valence-corrected chi connectivity index (χ1v) is 5.81. The summed E-state index contributed by atoms with van der Waals surface area (Å²) in [5.74, 6) is 0. The lowest BCUT2D eigenvalue weighted by Gasteiger charge is -2.13. The minimum absolute atomic E-state index is 0.187. The van der Waals surface area contributed by atoms with Crippen LogP contribution in [0.2, 0.25) is 0 Å². The van der Waals surface area contributed by atoms with Crippen LogP contribution in [-0.2, 0) is 6.54 Å². The molecule has 3 nitrogen and oxygen atoms in total. The van der Waals surface area contributed by atoms with E-state index in [0.717, 1.165) is 24.5 Å². The molecule has 3 heteroatoms. The standard InChI is InChI=1S/C14H19N3/c1-10(2)15-9-12-5-4-6-13(7-12)14-16-8-11(3)17-14/h4-7,14-17H,1,3,8-9H2,2H3. The molecule has 90 valence electrons. The van der Waals surface area contributed by atoms with Gasteiger partial charge < -0.3 is 10.6 Å². The van der Waals surface area contributed by atoms with Gasteiger partial charge in [0, 0.05) is 24.5 Å². The SMILES string of the molecule is C=C(C)NCc1cccc(C2NCC(=C)N2)c1. The predicted octanol–water partition coefficient (Wildman–Crippen LogP) is 2.01. The van der Waals surface area contributed by atoms with Gasteiger partial charge in [0.2, 0.25) is 0 Å². The Bertz CT molecular complexity index is 437. The van der Waals surface area contributed by atoms with Gasteiger partial charge in [-0.1, -0.05) is 37.4 Å². The van der Waals surface area contributed by atoms with Gasteiger partial charge in [0.05, 0.1) is 0 Å². The van der Waals surface area contributed by atoms with Gasteiger partial charge in [-0.15, -0.1) is 0 Å². The maximum absolute atomic E-state index is 3.91. The van der Waals surface area contributed by atoms with Crippen molar-refractivity contribution in [3.8, 4) is 0 Å². The van der Waals surface area contributed by atoms with Gasteiger partial charge in [0.25, 0.3) is 0 Å². The highest BCUT2D eigenvalue weighted by atomic mass is 15.2. The molecule has 17 heavy (non-hydrogen) atoms. The van der Waals surface area contributed by atoms with Crippen LogP contribution in [0.1, 0.15) is 24.2 Å². The molecule has 0 bridgehead atoms. The first kappa shape index (κ1) is 11.7. The highest BCUT2D eigenvalue weighted by Crippen LogP contribution is 2.17. The molecule has 1 aromatic carbocycles. The van der Waals surface area contributed by atoms with Crippen molar-refractivity contribution in [2.45, 2.75) is 19.6 Å². The number of allylic oxidation sites excluding steroid dienone is 1. The molecular formula is C14H19N3. The molecular weight excluding hydrogens is 210 g/mol. The van der Waals surface area contributed by atoms with Gasteiger partial charge in [-0.3, -0.25) is 5.32 Å². The van der Waals surface area contributed by atoms with Crippen LogP contribution in [0.3, 0.4) is 0 Å². The van der Waals surface area contributed by atoms with Crippen LogP contribution in [0.15, 0.2) is 48.8 Å². The minimum atomic E-state index is 0.187. The Morgan fingerprint density at radius 3 is 3.00 bits per heavy atom. The van der Waals surface area contributed by atoms with E-state index in [1.165, 1.54) is 11.1 Å². The highest BCUT2D eigenvalue weighted by Gasteiger charge is 2.17. The van der Waals surface area contributed by atoms with E-state index in [1.807, 2.05) is 6.92 Å². The van der Waals surface area contributed by atoms with Gasteiger partial charge in [-0.05, 0) is 18.1 Å². The quantitative estimate of drug-likeness (QED) is 0.739. The Labute approximate surface area is 103 Å². The van der Waals surface area contributed by atoms with Gasteiger partial charge in [0.15, 0.2) is 0 Å². The molecule has 1 aromatic rings. The van der Waals surface area contributed by atoms with Crippen molar-refractivity contribution in [2.24, 2.45) is 0 Å². The van der Waals surface area contributed by atoms with Gasteiger partial charge >= 0.3 is 0 Å². The van der Waals surface area contributed by atoms with Crippen LogP contribution in [0.5, 0.6) is 0 Å². The monoisotopic (exact) mass is 229 g/mol. The van der Waals surface area contributed by atoms with Gasteiger partial charge in [-0.2, -0.15) is 0 Å². The lowest BCUT2D eigenvalue weighted by molar-refractivity contribution is 0.595. The summed E-state index contributed by atoms with van der Waals surface area (Å²) in [7, 11) is 0. The zero-order valence-electron chi connectivity index (χ0n) is 10.2. The Hall–Kier alpha value is -1.74. The second-order valence-electron chi connectivity index (χ2n) is 4.44. The molecule has 0 radical (unpaired) electrons. The molecule has 3 N–H and O–H groups in total. The Morgan fingerprint density at radius 2 is 2.35 bits per heavy atom. The predicted molar refractivity (Wildman–Crippen MR) is 71.1 cm³/mol. The summed E-state index contributed by atoms with van der Waals surface area (Å²) < 4.78 is 0. The molecule has 0 saturated carbocycles. The van der Waals surface area contributed by atoms with Crippen molar-refractivity contribution in [2.75, 3.05) is 6.54 Å².